The number of benzene rings is 1. The number of carbonyl (C=O) groups excluding carboxylic acids is 1. The standard InChI is InChI=1S/C15H15ClFN3OS/c1-9-18-13(8-22-9)14-3-2-4-20(14)15(21)19-12-6-10(16)5-11(17)7-12/h5-8,14H,2-4H2,1H3,(H,19,21). The van der Waals surface area contributed by atoms with Gasteiger partial charge in [-0.05, 0) is 38.0 Å². The SMILES string of the molecule is Cc1nc(C2CCCN2C(=O)Nc2cc(F)cc(Cl)c2)cs1. The molecular formula is C15H15ClFN3OS. The van der Waals surface area contributed by atoms with Gasteiger partial charge in [-0.3, -0.25) is 0 Å². The Balaban J connectivity index is 1.76. The number of hydrogen-bond acceptors (Lipinski definition) is 3. The molecule has 2 heterocycles. The van der Waals surface area contributed by atoms with Crippen molar-refractivity contribution in [1.82, 2.24) is 9.88 Å². The minimum atomic E-state index is -0.476. The van der Waals surface area contributed by atoms with Crippen molar-refractivity contribution >= 4 is 34.7 Å². The van der Waals surface area contributed by atoms with Gasteiger partial charge in [0, 0.05) is 22.6 Å². The number of rotatable bonds is 2. The van der Waals surface area contributed by atoms with Crippen LogP contribution in [0.2, 0.25) is 5.02 Å². The topological polar surface area (TPSA) is 45.2 Å². The van der Waals surface area contributed by atoms with Crippen molar-refractivity contribution < 1.29 is 9.18 Å². The molecule has 0 radical (unpaired) electrons. The number of thiazole rings is 1. The van der Waals surface area contributed by atoms with Gasteiger partial charge in [0.2, 0.25) is 0 Å². The molecule has 1 aromatic heterocycles. The van der Waals surface area contributed by atoms with E-state index in [-0.39, 0.29) is 17.1 Å². The molecule has 1 aliphatic heterocycles. The molecule has 3 rings (SSSR count). The largest absolute Gasteiger partial charge is 0.322 e. The van der Waals surface area contributed by atoms with Crippen molar-refractivity contribution in [3.8, 4) is 0 Å². The molecule has 1 atom stereocenters. The Hall–Kier alpha value is -1.66. The first-order chi connectivity index (χ1) is 10.5. The van der Waals surface area contributed by atoms with Crippen molar-refractivity contribution in [2.24, 2.45) is 0 Å². The van der Waals surface area contributed by atoms with Gasteiger partial charge in [-0.1, -0.05) is 11.6 Å². The summed E-state index contributed by atoms with van der Waals surface area (Å²) in [5.74, 6) is -0.476. The minimum absolute atomic E-state index is 0.0195. The number of aromatic nitrogens is 1. The number of likely N-dealkylation sites (tertiary alicyclic amines) is 1. The smallest absolute Gasteiger partial charge is 0.316 e. The van der Waals surface area contributed by atoms with Gasteiger partial charge in [0.25, 0.3) is 0 Å². The van der Waals surface area contributed by atoms with E-state index in [2.05, 4.69) is 10.3 Å². The van der Waals surface area contributed by atoms with Crippen LogP contribution in [0.25, 0.3) is 0 Å². The summed E-state index contributed by atoms with van der Waals surface area (Å²) in [7, 11) is 0. The van der Waals surface area contributed by atoms with Crippen LogP contribution in [-0.2, 0) is 0 Å². The Kier molecular flexibility index (Phi) is 4.31. The van der Waals surface area contributed by atoms with E-state index in [1.807, 2.05) is 12.3 Å². The molecule has 1 unspecified atom stereocenters. The van der Waals surface area contributed by atoms with E-state index in [1.54, 1.807) is 16.2 Å². The van der Waals surface area contributed by atoms with Crippen molar-refractivity contribution in [1.29, 1.82) is 0 Å². The summed E-state index contributed by atoms with van der Waals surface area (Å²) in [6, 6.07) is 3.71. The zero-order valence-electron chi connectivity index (χ0n) is 12.0. The minimum Gasteiger partial charge on any atom is -0.316 e. The molecule has 0 aliphatic carbocycles. The quantitative estimate of drug-likeness (QED) is 0.868. The summed E-state index contributed by atoms with van der Waals surface area (Å²) in [5, 5.41) is 5.94. The number of amides is 2. The molecule has 2 amide bonds. The van der Waals surface area contributed by atoms with Crippen LogP contribution in [-0.4, -0.2) is 22.5 Å². The second-order valence-electron chi connectivity index (χ2n) is 5.23. The van der Waals surface area contributed by atoms with E-state index in [4.69, 9.17) is 11.6 Å². The van der Waals surface area contributed by atoms with Crippen LogP contribution >= 0.6 is 22.9 Å². The summed E-state index contributed by atoms with van der Waals surface area (Å²) in [6.45, 7) is 2.61. The lowest BCUT2D eigenvalue weighted by Gasteiger charge is -2.23. The third-order valence-electron chi connectivity index (χ3n) is 3.61. The molecule has 4 nitrogen and oxygen atoms in total. The fraction of sp³-hybridized carbons (Fsp3) is 0.333. The highest BCUT2D eigenvalue weighted by molar-refractivity contribution is 7.09. The highest BCUT2D eigenvalue weighted by atomic mass is 35.5. The average Bonchev–Trinajstić information content (AvgIpc) is 3.05. The van der Waals surface area contributed by atoms with E-state index in [0.29, 0.717) is 12.2 Å². The van der Waals surface area contributed by atoms with Crippen LogP contribution in [0.3, 0.4) is 0 Å². The molecule has 2 aromatic rings. The first-order valence-electron chi connectivity index (χ1n) is 6.98. The molecule has 0 saturated carbocycles. The molecule has 1 saturated heterocycles. The number of carbonyl (C=O) groups is 1. The molecule has 1 N–H and O–H groups in total. The lowest BCUT2D eigenvalue weighted by Crippen LogP contribution is -2.34. The zero-order valence-corrected chi connectivity index (χ0v) is 13.5. The first kappa shape index (κ1) is 15.2. The molecule has 7 heteroatoms. The molecule has 1 aromatic carbocycles. The van der Waals surface area contributed by atoms with Crippen LogP contribution in [0.15, 0.2) is 23.6 Å². The van der Waals surface area contributed by atoms with E-state index in [1.165, 1.54) is 18.2 Å². The van der Waals surface area contributed by atoms with Gasteiger partial charge in [0.15, 0.2) is 0 Å². The predicted molar refractivity (Wildman–Crippen MR) is 86.0 cm³/mol. The summed E-state index contributed by atoms with van der Waals surface area (Å²) in [4.78, 5) is 18.7. The second-order valence-corrected chi connectivity index (χ2v) is 6.73. The van der Waals surface area contributed by atoms with Crippen molar-refractivity contribution in [3.05, 3.63) is 45.1 Å². The van der Waals surface area contributed by atoms with Gasteiger partial charge in [0.1, 0.15) is 5.82 Å². The number of halogens is 2. The van der Waals surface area contributed by atoms with E-state index in [0.717, 1.165) is 23.5 Å². The van der Waals surface area contributed by atoms with Gasteiger partial charge in [-0.25, -0.2) is 14.2 Å². The van der Waals surface area contributed by atoms with E-state index in [9.17, 15) is 9.18 Å². The lowest BCUT2D eigenvalue weighted by molar-refractivity contribution is 0.206. The Morgan fingerprint density at radius 1 is 1.50 bits per heavy atom. The van der Waals surface area contributed by atoms with Gasteiger partial charge in [-0.15, -0.1) is 11.3 Å². The lowest BCUT2D eigenvalue weighted by atomic mass is 10.2. The molecule has 1 aliphatic rings. The zero-order chi connectivity index (χ0) is 15.7. The molecule has 0 spiro atoms. The molecule has 116 valence electrons. The number of urea groups is 1. The van der Waals surface area contributed by atoms with Crippen molar-refractivity contribution in [2.75, 3.05) is 11.9 Å². The number of anilines is 1. The maximum atomic E-state index is 13.3. The monoisotopic (exact) mass is 339 g/mol. The first-order valence-corrected chi connectivity index (χ1v) is 8.24. The van der Waals surface area contributed by atoms with Crippen LogP contribution < -0.4 is 5.32 Å². The van der Waals surface area contributed by atoms with E-state index >= 15 is 0 Å². The van der Waals surface area contributed by atoms with Crippen LogP contribution in [0.5, 0.6) is 0 Å². The van der Waals surface area contributed by atoms with Crippen molar-refractivity contribution in [3.63, 3.8) is 0 Å². The van der Waals surface area contributed by atoms with Gasteiger partial charge < -0.3 is 10.2 Å². The third-order valence-corrected chi connectivity index (χ3v) is 4.62. The molecular weight excluding hydrogens is 325 g/mol. The predicted octanol–water partition coefficient (Wildman–Crippen LogP) is 4.61. The molecule has 1 fully saturated rings. The highest BCUT2D eigenvalue weighted by Crippen LogP contribution is 2.33. The maximum Gasteiger partial charge on any atom is 0.322 e. The number of nitrogens with zero attached hydrogens (tertiary/aromatic N) is 2. The highest BCUT2D eigenvalue weighted by Gasteiger charge is 2.31. The Morgan fingerprint density at radius 2 is 2.32 bits per heavy atom. The van der Waals surface area contributed by atoms with Gasteiger partial charge in [0.05, 0.1) is 16.7 Å². The second kappa shape index (κ2) is 6.22. The van der Waals surface area contributed by atoms with E-state index < -0.39 is 5.82 Å². The summed E-state index contributed by atoms with van der Waals surface area (Å²) >= 11 is 7.38. The Bertz CT molecular complexity index is 686. The maximum absolute atomic E-state index is 13.3. The number of hydrogen-bond donors (Lipinski definition) is 1. The summed E-state index contributed by atoms with van der Waals surface area (Å²) in [6.07, 6.45) is 1.82. The number of nitrogens with one attached hydrogen (secondary N) is 1. The average molecular weight is 340 g/mol. The van der Waals surface area contributed by atoms with Crippen LogP contribution in [0, 0.1) is 12.7 Å². The van der Waals surface area contributed by atoms with Crippen LogP contribution in [0.4, 0.5) is 14.9 Å². The van der Waals surface area contributed by atoms with Gasteiger partial charge in [-0.2, -0.15) is 0 Å². The summed E-state index contributed by atoms with van der Waals surface area (Å²) in [5.41, 5.74) is 1.28. The summed E-state index contributed by atoms with van der Waals surface area (Å²) < 4.78 is 13.3. The fourth-order valence-electron chi connectivity index (χ4n) is 2.67. The fourth-order valence-corrected chi connectivity index (χ4v) is 3.55. The Morgan fingerprint density at radius 3 is 3.00 bits per heavy atom. The van der Waals surface area contributed by atoms with Gasteiger partial charge >= 0.3 is 6.03 Å². The Labute approximate surface area is 136 Å². The third kappa shape index (κ3) is 3.23. The molecule has 22 heavy (non-hydrogen) atoms. The normalized spacial score (nSPS) is 17.8. The molecule has 0 bridgehead atoms. The van der Waals surface area contributed by atoms with Crippen molar-refractivity contribution in [2.45, 2.75) is 25.8 Å². The number of aryl methyl sites for hydroxylation is 1. The van der Waals surface area contributed by atoms with Crippen LogP contribution in [0.1, 0.15) is 29.6 Å².